The molecule has 3 nitrogen and oxygen atoms in total. The van der Waals surface area contributed by atoms with Gasteiger partial charge >= 0.3 is 0 Å². The van der Waals surface area contributed by atoms with Gasteiger partial charge in [0, 0.05) is 38.3 Å². The molecule has 0 spiro atoms. The van der Waals surface area contributed by atoms with E-state index in [1.165, 1.54) is 5.39 Å². The lowest BCUT2D eigenvalue weighted by Crippen LogP contribution is -2.17. The Bertz CT molecular complexity index is 870. The van der Waals surface area contributed by atoms with Crippen molar-refractivity contribution in [1.29, 1.82) is 0 Å². The predicted molar refractivity (Wildman–Crippen MR) is 92.9 cm³/mol. The highest BCUT2D eigenvalue weighted by Gasteiger charge is 2.23. The second kappa shape index (κ2) is 4.67. The summed E-state index contributed by atoms with van der Waals surface area (Å²) in [5.41, 5.74) is 3.33. The quantitative estimate of drug-likeness (QED) is 0.641. The number of benzene rings is 3. The van der Waals surface area contributed by atoms with Gasteiger partial charge in [0.2, 0.25) is 0 Å². The zero-order chi connectivity index (χ0) is 15.3. The van der Waals surface area contributed by atoms with Crippen LogP contribution in [-0.2, 0) is 0 Å². The van der Waals surface area contributed by atoms with Crippen molar-refractivity contribution in [3.05, 3.63) is 54.6 Å². The smallest absolute Gasteiger partial charge is 0.158 e. The first-order valence-corrected chi connectivity index (χ1v) is 7.40. The number of hydrogen-bond acceptors (Lipinski definition) is 3. The van der Waals surface area contributed by atoms with E-state index < -0.39 is 0 Å². The van der Waals surface area contributed by atoms with Crippen molar-refractivity contribution in [3.8, 4) is 11.5 Å². The number of rotatable bonds is 1. The molecule has 3 aromatic rings. The molecule has 0 N–H and O–H groups in total. The third-order valence-corrected chi connectivity index (χ3v) is 4.25. The molecule has 3 aromatic carbocycles. The number of nitrogens with zero attached hydrogens (tertiary/aromatic N) is 2. The molecule has 0 aliphatic carbocycles. The minimum atomic E-state index is 0.901. The van der Waals surface area contributed by atoms with E-state index in [0.717, 1.165) is 33.9 Å². The first kappa shape index (κ1) is 13.0. The summed E-state index contributed by atoms with van der Waals surface area (Å²) in [6.07, 6.45) is 0. The molecule has 0 fully saturated rings. The average Bonchev–Trinajstić information content (AvgIpc) is 2.54. The molecule has 0 radical (unpaired) electrons. The van der Waals surface area contributed by atoms with E-state index in [9.17, 15) is 0 Å². The fraction of sp³-hybridized carbons (Fsp3) is 0.158. The van der Waals surface area contributed by atoms with Gasteiger partial charge in [-0.1, -0.05) is 30.3 Å². The first-order valence-electron chi connectivity index (χ1n) is 7.40. The zero-order valence-corrected chi connectivity index (χ0v) is 13.0. The van der Waals surface area contributed by atoms with Crippen LogP contribution in [0, 0.1) is 0 Å². The minimum absolute atomic E-state index is 0.901. The Hall–Kier alpha value is -2.68. The standard InChI is InChI=1S/C19H18N2O/c1-20(2)14-9-11-16-18(12-14)22-19-15-7-5-4-6-13(15)8-10-17(19)21(16)3/h4-12H,1-3H3. The van der Waals surface area contributed by atoms with E-state index in [1.807, 2.05) is 14.1 Å². The summed E-state index contributed by atoms with van der Waals surface area (Å²) in [6, 6.07) is 18.9. The second-order valence-corrected chi connectivity index (χ2v) is 5.84. The molecule has 0 saturated heterocycles. The molecule has 3 heteroatoms. The second-order valence-electron chi connectivity index (χ2n) is 5.84. The highest BCUT2D eigenvalue weighted by molar-refractivity contribution is 5.97. The monoisotopic (exact) mass is 290 g/mol. The Labute approximate surface area is 130 Å². The average molecular weight is 290 g/mol. The SMILES string of the molecule is CN(C)c1ccc2c(c1)Oc1c(ccc3ccccc13)N2C. The Balaban J connectivity index is 1.93. The van der Waals surface area contributed by atoms with E-state index in [1.54, 1.807) is 0 Å². The van der Waals surface area contributed by atoms with E-state index in [2.05, 4.69) is 71.4 Å². The largest absolute Gasteiger partial charge is 0.452 e. The van der Waals surface area contributed by atoms with Crippen molar-refractivity contribution in [2.75, 3.05) is 30.9 Å². The van der Waals surface area contributed by atoms with Crippen molar-refractivity contribution in [2.45, 2.75) is 0 Å². The van der Waals surface area contributed by atoms with Gasteiger partial charge in [0.1, 0.15) is 0 Å². The summed E-state index contributed by atoms with van der Waals surface area (Å²) < 4.78 is 6.28. The summed E-state index contributed by atoms with van der Waals surface area (Å²) in [7, 11) is 6.17. The van der Waals surface area contributed by atoms with Crippen LogP contribution in [0.2, 0.25) is 0 Å². The molecular formula is C19H18N2O. The van der Waals surface area contributed by atoms with Gasteiger partial charge in [-0.05, 0) is 23.6 Å². The van der Waals surface area contributed by atoms with Crippen LogP contribution in [0.4, 0.5) is 17.1 Å². The summed E-state index contributed by atoms with van der Waals surface area (Å²) in [4.78, 5) is 4.28. The van der Waals surface area contributed by atoms with E-state index in [0.29, 0.717) is 0 Å². The van der Waals surface area contributed by atoms with Crippen molar-refractivity contribution < 1.29 is 4.74 Å². The van der Waals surface area contributed by atoms with Crippen LogP contribution in [-0.4, -0.2) is 21.1 Å². The molecule has 110 valence electrons. The van der Waals surface area contributed by atoms with Gasteiger partial charge in [0.05, 0.1) is 11.4 Å². The molecule has 0 aromatic heterocycles. The third kappa shape index (κ3) is 1.82. The maximum atomic E-state index is 6.28. The summed E-state index contributed by atoms with van der Waals surface area (Å²) >= 11 is 0. The summed E-state index contributed by atoms with van der Waals surface area (Å²) in [6.45, 7) is 0. The van der Waals surface area contributed by atoms with Crippen molar-refractivity contribution >= 4 is 27.8 Å². The number of fused-ring (bicyclic) bond motifs is 4. The van der Waals surface area contributed by atoms with Crippen LogP contribution in [0.1, 0.15) is 0 Å². The first-order chi connectivity index (χ1) is 10.6. The van der Waals surface area contributed by atoms with Crippen molar-refractivity contribution in [3.63, 3.8) is 0 Å². The third-order valence-electron chi connectivity index (χ3n) is 4.25. The highest BCUT2D eigenvalue weighted by Crippen LogP contribution is 2.49. The molecule has 22 heavy (non-hydrogen) atoms. The normalized spacial score (nSPS) is 12.6. The molecule has 1 heterocycles. The maximum Gasteiger partial charge on any atom is 0.158 e. The maximum absolute atomic E-state index is 6.28. The molecular weight excluding hydrogens is 272 g/mol. The molecule has 0 saturated carbocycles. The summed E-state index contributed by atoms with van der Waals surface area (Å²) in [5.74, 6) is 1.83. The van der Waals surface area contributed by atoms with Crippen LogP contribution in [0.25, 0.3) is 10.8 Å². The van der Waals surface area contributed by atoms with Gasteiger partial charge in [0.15, 0.2) is 11.5 Å². The van der Waals surface area contributed by atoms with E-state index >= 15 is 0 Å². The lowest BCUT2D eigenvalue weighted by Gasteiger charge is -2.31. The summed E-state index contributed by atoms with van der Waals surface area (Å²) in [5, 5.41) is 2.34. The zero-order valence-electron chi connectivity index (χ0n) is 13.0. The highest BCUT2D eigenvalue weighted by atomic mass is 16.5. The van der Waals surface area contributed by atoms with Crippen LogP contribution >= 0.6 is 0 Å². The number of hydrogen-bond donors (Lipinski definition) is 0. The van der Waals surface area contributed by atoms with E-state index in [4.69, 9.17) is 4.74 Å². The Morgan fingerprint density at radius 3 is 2.50 bits per heavy atom. The van der Waals surface area contributed by atoms with Gasteiger partial charge in [-0.2, -0.15) is 0 Å². The van der Waals surface area contributed by atoms with Crippen LogP contribution < -0.4 is 14.5 Å². The van der Waals surface area contributed by atoms with Gasteiger partial charge in [-0.3, -0.25) is 0 Å². The Morgan fingerprint density at radius 1 is 0.909 bits per heavy atom. The molecule has 0 bridgehead atoms. The fourth-order valence-corrected chi connectivity index (χ4v) is 2.98. The number of anilines is 3. The Morgan fingerprint density at radius 2 is 1.68 bits per heavy atom. The lowest BCUT2D eigenvalue weighted by atomic mass is 10.1. The number of ether oxygens (including phenoxy) is 1. The van der Waals surface area contributed by atoms with Crippen molar-refractivity contribution in [2.24, 2.45) is 0 Å². The van der Waals surface area contributed by atoms with Gasteiger partial charge < -0.3 is 14.5 Å². The van der Waals surface area contributed by atoms with Gasteiger partial charge in [-0.25, -0.2) is 0 Å². The van der Waals surface area contributed by atoms with Crippen LogP contribution in [0.5, 0.6) is 11.5 Å². The van der Waals surface area contributed by atoms with Crippen molar-refractivity contribution in [1.82, 2.24) is 0 Å². The van der Waals surface area contributed by atoms with Gasteiger partial charge in [0.25, 0.3) is 0 Å². The molecule has 0 atom stereocenters. The topological polar surface area (TPSA) is 15.7 Å². The molecule has 4 rings (SSSR count). The molecule has 0 unspecified atom stereocenters. The minimum Gasteiger partial charge on any atom is -0.452 e. The fourth-order valence-electron chi connectivity index (χ4n) is 2.98. The predicted octanol–water partition coefficient (Wildman–Crippen LogP) is 4.78. The molecule has 0 amide bonds. The van der Waals surface area contributed by atoms with E-state index in [-0.39, 0.29) is 0 Å². The van der Waals surface area contributed by atoms with Crippen LogP contribution in [0.15, 0.2) is 54.6 Å². The van der Waals surface area contributed by atoms with Gasteiger partial charge in [-0.15, -0.1) is 0 Å². The lowest BCUT2D eigenvalue weighted by molar-refractivity contribution is 0.481. The Kier molecular flexibility index (Phi) is 2.76. The molecule has 1 aliphatic heterocycles. The van der Waals surface area contributed by atoms with Crippen LogP contribution in [0.3, 0.4) is 0 Å². The molecule has 1 aliphatic rings.